The molecule has 0 aliphatic rings. The van der Waals surface area contributed by atoms with Gasteiger partial charge >= 0.3 is 5.97 Å². The Balaban J connectivity index is 2.92. The number of hydrogen-bond donors (Lipinski definition) is 2. The molecule has 1 atom stereocenters. The SMILES string of the molecule is COc1ccc(C(=O)C(CCC(=O)O)NC(C)C)cc1F. The quantitative estimate of drug-likeness (QED) is 0.720. The molecule has 0 aromatic heterocycles. The number of carbonyl (C=O) groups excluding carboxylic acids is 1. The molecule has 0 saturated carbocycles. The summed E-state index contributed by atoms with van der Waals surface area (Å²) < 4.78 is 18.5. The van der Waals surface area contributed by atoms with Crippen molar-refractivity contribution in [3.8, 4) is 5.75 Å². The largest absolute Gasteiger partial charge is 0.494 e. The number of carbonyl (C=O) groups is 2. The highest BCUT2D eigenvalue weighted by atomic mass is 19.1. The van der Waals surface area contributed by atoms with Crippen LogP contribution in [0.3, 0.4) is 0 Å². The number of nitrogens with one attached hydrogen (secondary N) is 1. The van der Waals surface area contributed by atoms with Crippen LogP contribution in [0.5, 0.6) is 5.75 Å². The van der Waals surface area contributed by atoms with Crippen LogP contribution in [0.4, 0.5) is 4.39 Å². The highest BCUT2D eigenvalue weighted by molar-refractivity contribution is 6.00. The van der Waals surface area contributed by atoms with Gasteiger partial charge in [0, 0.05) is 18.0 Å². The van der Waals surface area contributed by atoms with E-state index >= 15 is 0 Å². The molecule has 1 unspecified atom stereocenters. The number of halogens is 1. The number of methoxy groups -OCH3 is 1. The summed E-state index contributed by atoms with van der Waals surface area (Å²) in [5.41, 5.74) is 0.192. The number of hydrogen-bond acceptors (Lipinski definition) is 4. The van der Waals surface area contributed by atoms with Crippen LogP contribution in [0.2, 0.25) is 0 Å². The maximum atomic E-state index is 13.7. The predicted molar refractivity (Wildman–Crippen MR) is 76.2 cm³/mol. The minimum Gasteiger partial charge on any atom is -0.494 e. The zero-order valence-electron chi connectivity index (χ0n) is 12.4. The summed E-state index contributed by atoms with van der Waals surface area (Å²) in [5, 5.41) is 11.8. The summed E-state index contributed by atoms with van der Waals surface area (Å²) in [4.78, 5) is 23.1. The smallest absolute Gasteiger partial charge is 0.303 e. The number of carboxylic acid groups (broad SMARTS) is 1. The first kappa shape index (κ1) is 17.1. The molecule has 116 valence electrons. The fourth-order valence-electron chi connectivity index (χ4n) is 1.98. The topological polar surface area (TPSA) is 75.6 Å². The third-order valence-electron chi connectivity index (χ3n) is 2.93. The van der Waals surface area contributed by atoms with Crippen LogP contribution in [0.25, 0.3) is 0 Å². The van der Waals surface area contributed by atoms with Gasteiger partial charge in [-0.25, -0.2) is 4.39 Å². The Kier molecular flexibility index (Phi) is 6.30. The number of ether oxygens (including phenoxy) is 1. The molecule has 0 aliphatic carbocycles. The molecule has 21 heavy (non-hydrogen) atoms. The van der Waals surface area contributed by atoms with E-state index < -0.39 is 17.8 Å². The molecule has 0 fully saturated rings. The van der Waals surface area contributed by atoms with Crippen molar-refractivity contribution in [2.75, 3.05) is 7.11 Å². The van der Waals surface area contributed by atoms with Gasteiger partial charge in [-0.3, -0.25) is 9.59 Å². The van der Waals surface area contributed by atoms with Crippen LogP contribution in [0, 0.1) is 5.82 Å². The lowest BCUT2D eigenvalue weighted by atomic mass is 9.99. The molecule has 1 aromatic rings. The first-order valence-corrected chi connectivity index (χ1v) is 6.70. The molecule has 0 heterocycles. The highest BCUT2D eigenvalue weighted by Crippen LogP contribution is 2.19. The van der Waals surface area contributed by atoms with Crippen molar-refractivity contribution in [3.05, 3.63) is 29.6 Å². The van der Waals surface area contributed by atoms with Gasteiger partial charge < -0.3 is 15.2 Å². The molecule has 2 N–H and O–H groups in total. The van der Waals surface area contributed by atoms with E-state index in [2.05, 4.69) is 5.32 Å². The summed E-state index contributed by atoms with van der Waals surface area (Å²) >= 11 is 0. The van der Waals surface area contributed by atoms with Crippen LogP contribution >= 0.6 is 0 Å². The van der Waals surface area contributed by atoms with Gasteiger partial charge in [0.15, 0.2) is 17.3 Å². The third kappa shape index (κ3) is 5.15. The van der Waals surface area contributed by atoms with Crippen molar-refractivity contribution in [1.29, 1.82) is 0 Å². The zero-order chi connectivity index (χ0) is 16.0. The average molecular weight is 297 g/mol. The second-order valence-electron chi connectivity index (χ2n) is 5.02. The van der Waals surface area contributed by atoms with Crippen molar-refractivity contribution in [3.63, 3.8) is 0 Å². The van der Waals surface area contributed by atoms with Gasteiger partial charge in [0.25, 0.3) is 0 Å². The second kappa shape index (κ2) is 7.73. The van der Waals surface area contributed by atoms with Crippen LogP contribution in [-0.4, -0.2) is 36.1 Å². The number of Topliss-reactive ketones (excluding diaryl/α,β-unsaturated/α-hetero) is 1. The highest BCUT2D eigenvalue weighted by Gasteiger charge is 2.22. The van der Waals surface area contributed by atoms with Crippen molar-refractivity contribution in [1.82, 2.24) is 5.32 Å². The molecular weight excluding hydrogens is 277 g/mol. The molecule has 0 aliphatic heterocycles. The lowest BCUT2D eigenvalue weighted by molar-refractivity contribution is -0.137. The fraction of sp³-hybridized carbons (Fsp3) is 0.467. The molecule has 1 rings (SSSR count). The summed E-state index contributed by atoms with van der Waals surface area (Å²) in [5.74, 6) is -1.86. The Morgan fingerprint density at radius 2 is 2.05 bits per heavy atom. The Morgan fingerprint density at radius 3 is 2.52 bits per heavy atom. The van der Waals surface area contributed by atoms with E-state index in [9.17, 15) is 14.0 Å². The van der Waals surface area contributed by atoms with Crippen molar-refractivity contribution in [2.45, 2.75) is 38.8 Å². The maximum Gasteiger partial charge on any atom is 0.303 e. The Morgan fingerprint density at radius 1 is 1.38 bits per heavy atom. The Bertz CT molecular complexity index is 516. The summed E-state index contributed by atoms with van der Waals surface area (Å²) in [6.07, 6.45) is 0.0226. The maximum absolute atomic E-state index is 13.7. The minimum absolute atomic E-state index is 0.0100. The molecular formula is C15H20FNO4. The second-order valence-corrected chi connectivity index (χ2v) is 5.02. The minimum atomic E-state index is -0.973. The molecule has 6 heteroatoms. The molecule has 0 saturated heterocycles. The molecule has 0 spiro atoms. The van der Waals surface area contributed by atoms with Crippen molar-refractivity contribution in [2.24, 2.45) is 0 Å². The van der Waals surface area contributed by atoms with Crippen LogP contribution in [0.15, 0.2) is 18.2 Å². The van der Waals surface area contributed by atoms with E-state index in [1.165, 1.54) is 19.2 Å². The van der Waals surface area contributed by atoms with E-state index in [-0.39, 0.29) is 36.0 Å². The summed E-state index contributed by atoms with van der Waals surface area (Å²) in [7, 11) is 1.34. The Labute approximate surface area is 123 Å². The lowest BCUT2D eigenvalue weighted by Gasteiger charge is -2.19. The van der Waals surface area contributed by atoms with E-state index in [1.54, 1.807) is 0 Å². The fourth-order valence-corrected chi connectivity index (χ4v) is 1.98. The van der Waals surface area contributed by atoms with E-state index in [0.29, 0.717) is 0 Å². The van der Waals surface area contributed by atoms with Crippen LogP contribution < -0.4 is 10.1 Å². The molecule has 0 bridgehead atoms. The molecule has 0 amide bonds. The Hall–Kier alpha value is -1.95. The van der Waals surface area contributed by atoms with E-state index in [0.717, 1.165) is 6.07 Å². The molecule has 5 nitrogen and oxygen atoms in total. The van der Waals surface area contributed by atoms with Gasteiger partial charge in [-0.15, -0.1) is 0 Å². The van der Waals surface area contributed by atoms with E-state index in [4.69, 9.17) is 9.84 Å². The number of ketones is 1. The normalized spacial score (nSPS) is 12.2. The van der Waals surface area contributed by atoms with Crippen molar-refractivity contribution < 1.29 is 23.8 Å². The third-order valence-corrected chi connectivity index (χ3v) is 2.93. The standard InChI is InChI=1S/C15H20FNO4/c1-9(2)17-12(5-7-14(18)19)15(20)10-4-6-13(21-3)11(16)8-10/h4,6,8-9,12,17H,5,7H2,1-3H3,(H,18,19). The number of carboxylic acids is 1. The monoisotopic (exact) mass is 297 g/mol. The van der Waals surface area contributed by atoms with Gasteiger partial charge in [0.05, 0.1) is 13.2 Å². The number of benzene rings is 1. The first-order chi connectivity index (χ1) is 9.85. The average Bonchev–Trinajstić information content (AvgIpc) is 2.42. The van der Waals surface area contributed by atoms with Gasteiger partial charge in [0.2, 0.25) is 0 Å². The number of rotatable bonds is 8. The zero-order valence-corrected chi connectivity index (χ0v) is 12.4. The predicted octanol–water partition coefficient (Wildman–Crippen LogP) is 2.25. The molecule has 1 aromatic carbocycles. The van der Waals surface area contributed by atoms with Crippen molar-refractivity contribution >= 4 is 11.8 Å². The summed E-state index contributed by atoms with van der Waals surface area (Å²) in [6.45, 7) is 3.71. The van der Waals surface area contributed by atoms with Gasteiger partial charge in [0.1, 0.15) is 0 Å². The van der Waals surface area contributed by atoms with Crippen LogP contribution in [0.1, 0.15) is 37.0 Å². The van der Waals surface area contributed by atoms with Crippen LogP contribution in [-0.2, 0) is 4.79 Å². The number of aliphatic carboxylic acids is 1. The van der Waals surface area contributed by atoms with Gasteiger partial charge in [-0.1, -0.05) is 13.8 Å². The lowest BCUT2D eigenvalue weighted by Crippen LogP contribution is -2.41. The molecule has 0 radical (unpaired) electrons. The van der Waals surface area contributed by atoms with E-state index in [1.807, 2.05) is 13.8 Å². The van der Waals surface area contributed by atoms with Gasteiger partial charge in [-0.05, 0) is 24.6 Å². The first-order valence-electron chi connectivity index (χ1n) is 6.70. The summed E-state index contributed by atoms with van der Waals surface area (Å²) in [6, 6.07) is 3.31. The van der Waals surface area contributed by atoms with Gasteiger partial charge in [-0.2, -0.15) is 0 Å².